The van der Waals surface area contributed by atoms with Crippen LogP contribution < -0.4 is 0 Å². The number of hydrogen-bond acceptors (Lipinski definition) is 0. The van der Waals surface area contributed by atoms with Crippen LogP contribution in [0.1, 0.15) is 0 Å². The van der Waals surface area contributed by atoms with Crippen molar-refractivity contribution < 1.29 is 32.9 Å². The van der Waals surface area contributed by atoms with Gasteiger partial charge in [0.2, 0.25) is 0 Å². The molecule has 8 heteroatoms. The second-order valence-electron chi connectivity index (χ2n) is 0. The molecule has 0 aromatic carbocycles. The summed E-state index contributed by atoms with van der Waals surface area (Å²) in [5.41, 5.74) is 0. The number of hydrogen-bond donors (Lipinski definition) is 0. The second kappa shape index (κ2) is 207. The molecule has 0 atom stereocenters. The Morgan fingerprint density at radius 3 is 0.375 bits per heavy atom. The normalized spacial score (nSPS) is 0. The monoisotopic (exact) mass is 516 g/mol. The SMILES string of the molecule is O.[Bi+5].[Bi+5].[O-2].[O-2].[O-2].[O-2].[O-2]. The fourth-order valence-electron chi connectivity index (χ4n) is 0. The van der Waals surface area contributed by atoms with E-state index in [0.29, 0.717) is 0 Å². The summed E-state index contributed by atoms with van der Waals surface area (Å²) >= 11 is 0. The van der Waals surface area contributed by atoms with Gasteiger partial charge in [0.15, 0.2) is 0 Å². The summed E-state index contributed by atoms with van der Waals surface area (Å²) in [4.78, 5) is 0. The van der Waals surface area contributed by atoms with Gasteiger partial charge in [-0.3, -0.25) is 0 Å². The average molecular weight is 516 g/mol. The maximum Gasteiger partial charge on any atom is 5.00 e. The fourth-order valence-corrected chi connectivity index (χ4v) is 0. The summed E-state index contributed by atoms with van der Waals surface area (Å²) < 4.78 is 0. The van der Waals surface area contributed by atoms with Gasteiger partial charge < -0.3 is 32.9 Å². The predicted octanol–water partition coefficient (Wildman–Crippen LogP) is -2.18. The van der Waals surface area contributed by atoms with Crippen LogP contribution in [-0.4, -0.2) is 57.9 Å². The Morgan fingerprint density at radius 1 is 0.375 bits per heavy atom. The molecule has 0 bridgehead atoms. The van der Waals surface area contributed by atoms with Gasteiger partial charge in [0.05, 0.1) is 0 Å². The van der Waals surface area contributed by atoms with Gasteiger partial charge >= 0.3 is 52.4 Å². The van der Waals surface area contributed by atoms with E-state index >= 15 is 0 Å². The number of rotatable bonds is 0. The van der Waals surface area contributed by atoms with E-state index in [1.165, 1.54) is 0 Å². The van der Waals surface area contributed by atoms with E-state index in [-0.39, 0.29) is 85.3 Å². The fraction of sp³-hybridized carbons (Fsp3) is 0. The molecule has 0 rings (SSSR count). The molecule has 8 heavy (non-hydrogen) atoms. The maximum absolute atomic E-state index is 0. The zero-order valence-corrected chi connectivity index (χ0v) is 10.4. The van der Waals surface area contributed by atoms with Gasteiger partial charge in [-0.25, -0.2) is 0 Å². The Kier molecular flexibility index (Phi) is 7710. The van der Waals surface area contributed by atoms with Crippen molar-refractivity contribution in [2.45, 2.75) is 0 Å². The van der Waals surface area contributed by atoms with Crippen molar-refractivity contribution in [3.05, 3.63) is 0 Å². The topological polar surface area (TPSA) is 174 Å². The molecule has 0 aliphatic carbocycles. The van der Waals surface area contributed by atoms with Gasteiger partial charge in [-0.05, 0) is 0 Å². The minimum Gasteiger partial charge on any atom is -2.00 e. The van der Waals surface area contributed by atoms with Crippen molar-refractivity contribution in [2.24, 2.45) is 0 Å². The maximum atomic E-state index is 0. The smallest absolute Gasteiger partial charge is 2.00 e. The summed E-state index contributed by atoms with van der Waals surface area (Å²) in [6.07, 6.45) is 0. The zero-order valence-electron chi connectivity index (χ0n) is 3.44. The Hall–Kier alpha value is 1.53. The van der Waals surface area contributed by atoms with E-state index in [4.69, 9.17) is 0 Å². The average Bonchev–Trinajstić information content (AvgIpc) is 0. The van der Waals surface area contributed by atoms with E-state index in [9.17, 15) is 0 Å². The minimum atomic E-state index is 0. The van der Waals surface area contributed by atoms with E-state index < -0.39 is 0 Å². The Balaban J connectivity index is 0. The molecule has 0 saturated carbocycles. The largest absolute Gasteiger partial charge is 5.00 e. The standard InChI is InChI=1S/2Bi.H2O.5O/h;;1H2;;;;;/q2*+5;;5*-2. The van der Waals surface area contributed by atoms with Gasteiger partial charge in [0.1, 0.15) is 0 Å². The molecule has 0 aliphatic rings. The summed E-state index contributed by atoms with van der Waals surface area (Å²) in [6, 6.07) is 0. The molecule has 0 aromatic heterocycles. The van der Waals surface area contributed by atoms with Crippen LogP contribution in [0.15, 0.2) is 0 Å². The Labute approximate surface area is 84.7 Å². The molecule has 0 aromatic rings. The molecule has 0 heterocycles. The first-order chi connectivity index (χ1) is 0. The quantitative estimate of drug-likeness (QED) is 0.319. The Bertz CT molecular complexity index is 6.49. The van der Waals surface area contributed by atoms with Crippen LogP contribution >= 0.6 is 0 Å². The van der Waals surface area contributed by atoms with Crippen molar-refractivity contribution >= 4 is 52.4 Å². The summed E-state index contributed by atoms with van der Waals surface area (Å²) in [5.74, 6) is 0. The van der Waals surface area contributed by atoms with Crippen LogP contribution in [0, 0.1) is 0 Å². The molecular weight excluding hydrogens is 514 g/mol. The van der Waals surface area contributed by atoms with Gasteiger partial charge in [0.25, 0.3) is 0 Å². The van der Waals surface area contributed by atoms with Gasteiger partial charge in [-0.2, -0.15) is 0 Å². The van der Waals surface area contributed by atoms with E-state index in [2.05, 4.69) is 0 Å². The first kappa shape index (κ1) is 297. The molecule has 0 unspecified atom stereocenters. The molecule has 0 fully saturated rings. The second-order valence-corrected chi connectivity index (χ2v) is 0. The van der Waals surface area contributed by atoms with E-state index in [1.54, 1.807) is 0 Å². The molecule has 0 amide bonds. The van der Waals surface area contributed by atoms with E-state index in [0.717, 1.165) is 0 Å². The van der Waals surface area contributed by atoms with Crippen molar-refractivity contribution in [1.29, 1.82) is 0 Å². The van der Waals surface area contributed by atoms with Crippen LogP contribution in [-0.2, 0) is 27.4 Å². The third-order valence-electron chi connectivity index (χ3n) is 0. The van der Waals surface area contributed by atoms with Crippen LogP contribution in [0.25, 0.3) is 0 Å². The van der Waals surface area contributed by atoms with Gasteiger partial charge in [0, 0.05) is 0 Å². The van der Waals surface area contributed by atoms with Crippen LogP contribution in [0.4, 0.5) is 0 Å². The first-order valence-electron chi connectivity index (χ1n) is 0. The Morgan fingerprint density at radius 2 is 0.375 bits per heavy atom. The zero-order chi connectivity index (χ0) is 0. The molecule has 48 valence electrons. The molecule has 0 spiro atoms. The molecule has 0 aliphatic heterocycles. The molecule has 2 N–H and O–H groups in total. The minimum absolute atomic E-state index is 0. The van der Waals surface area contributed by atoms with Gasteiger partial charge in [-0.15, -0.1) is 0 Å². The van der Waals surface area contributed by atoms with Crippen molar-refractivity contribution in [1.82, 2.24) is 0 Å². The van der Waals surface area contributed by atoms with Crippen molar-refractivity contribution in [2.75, 3.05) is 0 Å². The molecule has 0 saturated heterocycles. The third kappa shape index (κ3) is 138. The summed E-state index contributed by atoms with van der Waals surface area (Å²) in [6.45, 7) is 0. The van der Waals surface area contributed by atoms with Gasteiger partial charge in [-0.1, -0.05) is 0 Å². The third-order valence-corrected chi connectivity index (χ3v) is 0. The predicted molar refractivity (Wildman–Crippen MR) is 18.6 cm³/mol. The van der Waals surface area contributed by atoms with Crippen molar-refractivity contribution in [3.63, 3.8) is 0 Å². The first-order valence-corrected chi connectivity index (χ1v) is 0. The molecular formula is H2Bi2O6. The summed E-state index contributed by atoms with van der Waals surface area (Å²) in [5, 5.41) is 0. The van der Waals surface area contributed by atoms with Crippen LogP contribution in [0.3, 0.4) is 0 Å². The van der Waals surface area contributed by atoms with Crippen molar-refractivity contribution in [3.8, 4) is 0 Å². The molecule has 0 radical (unpaired) electrons. The summed E-state index contributed by atoms with van der Waals surface area (Å²) in [7, 11) is 0. The molecule has 6 nitrogen and oxygen atoms in total. The van der Waals surface area contributed by atoms with Crippen LogP contribution in [0.5, 0.6) is 0 Å². The van der Waals surface area contributed by atoms with E-state index in [1.807, 2.05) is 0 Å². The van der Waals surface area contributed by atoms with Crippen LogP contribution in [0.2, 0.25) is 0 Å².